The molecule has 1 aliphatic carbocycles. The van der Waals surface area contributed by atoms with Crippen molar-refractivity contribution in [2.45, 2.75) is 45.0 Å². The third-order valence-electron chi connectivity index (χ3n) is 6.12. The van der Waals surface area contributed by atoms with E-state index < -0.39 is 0 Å². The van der Waals surface area contributed by atoms with Crippen molar-refractivity contribution in [1.82, 2.24) is 19.6 Å². The molecule has 0 aromatic carbocycles. The van der Waals surface area contributed by atoms with Crippen molar-refractivity contribution in [3.05, 3.63) is 18.0 Å². The lowest BCUT2D eigenvalue weighted by Crippen LogP contribution is -2.53. The van der Waals surface area contributed by atoms with Crippen LogP contribution >= 0.6 is 0 Å². The van der Waals surface area contributed by atoms with Gasteiger partial charge in [-0.05, 0) is 31.6 Å². The lowest BCUT2D eigenvalue weighted by atomic mass is 9.77. The van der Waals surface area contributed by atoms with Gasteiger partial charge in [0.1, 0.15) is 0 Å². The van der Waals surface area contributed by atoms with Gasteiger partial charge < -0.3 is 9.84 Å². The van der Waals surface area contributed by atoms with E-state index >= 15 is 0 Å². The van der Waals surface area contributed by atoms with Crippen LogP contribution in [0.5, 0.6) is 0 Å². The van der Waals surface area contributed by atoms with Gasteiger partial charge in [0.15, 0.2) is 0 Å². The van der Waals surface area contributed by atoms with Crippen LogP contribution in [0.3, 0.4) is 0 Å². The first kappa shape index (κ1) is 16.5. The number of aromatic nitrogens is 2. The number of fused-ring (bicyclic) bond motifs is 1. The van der Waals surface area contributed by atoms with E-state index in [4.69, 9.17) is 4.74 Å². The number of hydrogen-bond donors (Lipinski definition) is 1. The Hall–Kier alpha value is -0.950. The van der Waals surface area contributed by atoms with Crippen LogP contribution in [0.25, 0.3) is 0 Å². The number of aryl methyl sites for hydroxylation is 1. The summed E-state index contributed by atoms with van der Waals surface area (Å²) >= 11 is 0. The number of ether oxygens (including phenoxy) is 1. The highest BCUT2D eigenvalue weighted by atomic mass is 16.5. The molecule has 0 spiro atoms. The summed E-state index contributed by atoms with van der Waals surface area (Å²) < 4.78 is 7.46. The Balaban J connectivity index is 1.36. The molecule has 0 radical (unpaired) electrons. The van der Waals surface area contributed by atoms with Gasteiger partial charge >= 0.3 is 0 Å². The number of nitrogens with zero attached hydrogens (tertiary/aromatic N) is 4. The number of aliphatic hydroxyl groups is 1. The zero-order valence-corrected chi connectivity index (χ0v) is 14.7. The Morgan fingerprint density at radius 2 is 1.96 bits per heavy atom. The normalized spacial score (nSPS) is 35.2. The van der Waals surface area contributed by atoms with Gasteiger partial charge in [0.25, 0.3) is 0 Å². The van der Waals surface area contributed by atoms with Crippen LogP contribution in [0.1, 0.15) is 25.3 Å². The summed E-state index contributed by atoms with van der Waals surface area (Å²) in [6.07, 6.45) is 6.07. The molecule has 6 heteroatoms. The first-order valence-corrected chi connectivity index (χ1v) is 9.46. The Kier molecular flexibility index (Phi) is 4.90. The second kappa shape index (κ2) is 7.12. The van der Waals surface area contributed by atoms with Crippen molar-refractivity contribution in [2.24, 2.45) is 11.8 Å². The molecule has 134 valence electrons. The number of rotatable bonds is 4. The molecule has 1 saturated carbocycles. The van der Waals surface area contributed by atoms with Crippen molar-refractivity contribution in [1.29, 1.82) is 0 Å². The molecule has 24 heavy (non-hydrogen) atoms. The maximum Gasteiger partial charge on any atom is 0.0698 e. The Morgan fingerprint density at radius 1 is 1.21 bits per heavy atom. The van der Waals surface area contributed by atoms with Crippen molar-refractivity contribution in [3.8, 4) is 0 Å². The minimum absolute atomic E-state index is 0.174. The second-order valence-corrected chi connectivity index (χ2v) is 7.67. The molecule has 0 bridgehead atoms. The molecule has 3 heterocycles. The second-order valence-electron chi connectivity index (χ2n) is 7.67. The maximum absolute atomic E-state index is 10.7. The monoisotopic (exact) mass is 334 g/mol. The van der Waals surface area contributed by atoms with E-state index in [1.807, 2.05) is 10.9 Å². The van der Waals surface area contributed by atoms with Crippen molar-refractivity contribution in [3.63, 3.8) is 0 Å². The average Bonchev–Trinajstić information content (AvgIpc) is 3.21. The molecule has 4 atom stereocenters. The third kappa shape index (κ3) is 3.38. The molecular weight excluding hydrogens is 304 g/mol. The van der Waals surface area contributed by atoms with Crippen molar-refractivity contribution in [2.75, 3.05) is 39.4 Å². The van der Waals surface area contributed by atoms with Gasteiger partial charge in [0.05, 0.1) is 25.5 Å². The summed E-state index contributed by atoms with van der Waals surface area (Å²) in [5.74, 6) is 1.38. The summed E-state index contributed by atoms with van der Waals surface area (Å²) in [6.45, 7) is 9.89. The summed E-state index contributed by atoms with van der Waals surface area (Å²) in [5.41, 5.74) is 1.31. The fourth-order valence-electron chi connectivity index (χ4n) is 4.85. The first-order valence-electron chi connectivity index (χ1n) is 9.46. The van der Waals surface area contributed by atoms with E-state index in [-0.39, 0.29) is 6.10 Å². The maximum atomic E-state index is 10.7. The average molecular weight is 334 g/mol. The predicted molar refractivity (Wildman–Crippen MR) is 91.6 cm³/mol. The highest BCUT2D eigenvalue weighted by Gasteiger charge is 2.43. The first-order chi connectivity index (χ1) is 11.7. The number of aliphatic hydroxyl groups excluding tert-OH is 1. The summed E-state index contributed by atoms with van der Waals surface area (Å²) in [7, 11) is 0. The van der Waals surface area contributed by atoms with Crippen molar-refractivity contribution < 1.29 is 9.84 Å². The largest absolute Gasteiger partial charge is 0.391 e. The van der Waals surface area contributed by atoms with E-state index in [1.54, 1.807) is 0 Å². The van der Waals surface area contributed by atoms with Crippen molar-refractivity contribution >= 4 is 0 Å². The van der Waals surface area contributed by atoms with Gasteiger partial charge in [-0.2, -0.15) is 5.10 Å². The quantitative estimate of drug-likeness (QED) is 0.883. The summed E-state index contributed by atoms with van der Waals surface area (Å²) in [6, 6.07) is 0.331. The summed E-state index contributed by atoms with van der Waals surface area (Å²) in [5, 5.41) is 15.0. The van der Waals surface area contributed by atoms with Gasteiger partial charge in [-0.3, -0.25) is 14.5 Å². The Labute approximate surface area is 144 Å². The smallest absolute Gasteiger partial charge is 0.0698 e. The van der Waals surface area contributed by atoms with E-state index in [1.165, 1.54) is 5.56 Å². The summed E-state index contributed by atoms with van der Waals surface area (Å²) in [4.78, 5) is 5.01. The SMILES string of the molecule is CCn1cc(CN2C[C@H]3C[C@@H](N4CCOCC4)[C@H](O)C[C@H]3C2)cn1. The van der Waals surface area contributed by atoms with E-state index in [9.17, 15) is 5.11 Å². The van der Waals surface area contributed by atoms with E-state index in [0.29, 0.717) is 12.0 Å². The molecule has 2 saturated heterocycles. The zero-order chi connectivity index (χ0) is 16.5. The zero-order valence-electron chi connectivity index (χ0n) is 14.7. The lowest BCUT2D eigenvalue weighted by Gasteiger charge is -2.43. The fourth-order valence-corrected chi connectivity index (χ4v) is 4.85. The molecule has 2 aliphatic heterocycles. The number of morpholine rings is 1. The fraction of sp³-hybridized carbons (Fsp3) is 0.833. The highest BCUT2D eigenvalue weighted by Crippen LogP contribution is 2.38. The predicted octanol–water partition coefficient (Wildman–Crippen LogP) is 0.806. The van der Waals surface area contributed by atoms with Crippen LogP contribution in [0.4, 0.5) is 0 Å². The van der Waals surface area contributed by atoms with Gasteiger partial charge in [-0.15, -0.1) is 0 Å². The highest BCUT2D eigenvalue weighted by molar-refractivity contribution is 5.05. The molecule has 3 fully saturated rings. The topological polar surface area (TPSA) is 53.8 Å². The molecule has 6 nitrogen and oxygen atoms in total. The molecule has 0 amide bonds. The molecule has 1 aromatic heterocycles. The van der Waals surface area contributed by atoms with Gasteiger partial charge in [0, 0.05) is 57.1 Å². The molecular formula is C18H30N4O2. The lowest BCUT2D eigenvalue weighted by molar-refractivity contribution is -0.0520. The van der Waals surface area contributed by atoms with E-state index in [2.05, 4.69) is 28.0 Å². The molecule has 3 aliphatic rings. The Morgan fingerprint density at radius 3 is 2.67 bits per heavy atom. The van der Waals surface area contributed by atoms with Crippen LogP contribution < -0.4 is 0 Å². The third-order valence-corrected chi connectivity index (χ3v) is 6.12. The number of hydrogen-bond acceptors (Lipinski definition) is 5. The molecule has 1 N–H and O–H groups in total. The molecule has 4 rings (SSSR count). The van der Waals surface area contributed by atoms with Crippen LogP contribution in [-0.4, -0.2) is 76.2 Å². The minimum atomic E-state index is -0.174. The molecule has 0 unspecified atom stereocenters. The Bertz CT molecular complexity index is 543. The van der Waals surface area contributed by atoms with Gasteiger partial charge in [-0.1, -0.05) is 0 Å². The van der Waals surface area contributed by atoms with Crippen LogP contribution in [-0.2, 0) is 17.8 Å². The molecule has 1 aromatic rings. The minimum Gasteiger partial charge on any atom is -0.391 e. The van der Waals surface area contributed by atoms with Crippen LogP contribution in [0, 0.1) is 11.8 Å². The van der Waals surface area contributed by atoms with Crippen LogP contribution in [0.15, 0.2) is 12.4 Å². The van der Waals surface area contributed by atoms with Crippen LogP contribution in [0.2, 0.25) is 0 Å². The van der Waals surface area contributed by atoms with Gasteiger partial charge in [-0.25, -0.2) is 0 Å². The number of likely N-dealkylation sites (tertiary alicyclic amines) is 1. The van der Waals surface area contributed by atoms with E-state index in [0.717, 1.165) is 71.2 Å². The standard InChI is InChI=1S/C18H30N4O2/c1-2-22-11-14(9-19-22)10-20-12-15-7-17(18(23)8-16(15)13-20)21-3-5-24-6-4-21/h9,11,15-18,23H,2-8,10,12-13H2,1H3/t15-,16+,17-,18-/m1/s1. The van der Waals surface area contributed by atoms with Gasteiger partial charge in [0.2, 0.25) is 0 Å².